The Morgan fingerprint density at radius 3 is 2.57 bits per heavy atom. The van der Waals surface area contributed by atoms with E-state index >= 15 is 0 Å². The minimum absolute atomic E-state index is 0.0362. The van der Waals surface area contributed by atoms with Crippen LogP contribution in [0.3, 0.4) is 0 Å². The van der Waals surface area contributed by atoms with Crippen LogP contribution in [-0.2, 0) is 4.79 Å². The first-order chi connectivity index (χ1) is 10.1. The second kappa shape index (κ2) is 6.18. The highest BCUT2D eigenvalue weighted by molar-refractivity contribution is 5.81. The third kappa shape index (κ3) is 3.13. The summed E-state index contributed by atoms with van der Waals surface area (Å²) in [6.45, 7) is 6.10. The predicted molar refractivity (Wildman–Crippen MR) is 85.4 cm³/mol. The number of likely N-dealkylation sites (tertiary alicyclic amines) is 1. The SMILES string of the molecule is Cc1ccccc1C1CC(N[C@@H](C)C(=O)N2CCCC2)C1. The maximum Gasteiger partial charge on any atom is 0.239 e. The highest BCUT2D eigenvalue weighted by Gasteiger charge is 2.33. The summed E-state index contributed by atoms with van der Waals surface area (Å²) >= 11 is 0. The lowest BCUT2D eigenvalue weighted by molar-refractivity contribution is -0.132. The molecule has 2 aliphatic rings. The molecule has 1 heterocycles. The first-order valence-corrected chi connectivity index (χ1v) is 8.25. The van der Waals surface area contributed by atoms with Gasteiger partial charge >= 0.3 is 0 Å². The molecular formula is C18H26N2O. The molecule has 0 radical (unpaired) electrons. The molecule has 0 spiro atoms. The van der Waals surface area contributed by atoms with E-state index in [1.54, 1.807) is 0 Å². The van der Waals surface area contributed by atoms with E-state index in [2.05, 4.69) is 36.5 Å². The van der Waals surface area contributed by atoms with Crippen molar-refractivity contribution < 1.29 is 4.79 Å². The summed E-state index contributed by atoms with van der Waals surface area (Å²) in [4.78, 5) is 14.3. The molecule has 3 heteroatoms. The van der Waals surface area contributed by atoms with Crippen LogP contribution in [0.1, 0.15) is 49.7 Å². The Morgan fingerprint density at radius 2 is 1.90 bits per heavy atom. The molecule has 1 aromatic carbocycles. The number of aryl methyl sites for hydroxylation is 1. The highest BCUT2D eigenvalue weighted by atomic mass is 16.2. The van der Waals surface area contributed by atoms with E-state index in [1.165, 1.54) is 11.1 Å². The van der Waals surface area contributed by atoms with Crippen molar-refractivity contribution in [2.45, 2.75) is 57.5 Å². The molecule has 0 bridgehead atoms. The van der Waals surface area contributed by atoms with E-state index in [-0.39, 0.29) is 11.9 Å². The van der Waals surface area contributed by atoms with Crippen molar-refractivity contribution in [1.82, 2.24) is 10.2 Å². The van der Waals surface area contributed by atoms with Crippen molar-refractivity contribution in [3.63, 3.8) is 0 Å². The Bertz CT molecular complexity index is 502. The molecule has 3 rings (SSSR count). The molecule has 1 N–H and O–H groups in total. The second-order valence-electron chi connectivity index (χ2n) is 6.64. The molecule has 1 saturated heterocycles. The lowest BCUT2D eigenvalue weighted by atomic mass is 9.74. The van der Waals surface area contributed by atoms with Gasteiger partial charge < -0.3 is 10.2 Å². The number of hydrogen-bond donors (Lipinski definition) is 1. The number of rotatable bonds is 4. The average Bonchev–Trinajstić information content (AvgIpc) is 2.96. The zero-order valence-corrected chi connectivity index (χ0v) is 13.1. The maximum atomic E-state index is 12.3. The number of nitrogens with one attached hydrogen (secondary N) is 1. The van der Waals surface area contributed by atoms with Crippen LogP contribution in [0.2, 0.25) is 0 Å². The van der Waals surface area contributed by atoms with E-state index in [0.717, 1.165) is 38.8 Å². The number of carbonyl (C=O) groups excluding carboxylic acids is 1. The fourth-order valence-electron chi connectivity index (χ4n) is 3.69. The minimum Gasteiger partial charge on any atom is -0.341 e. The van der Waals surface area contributed by atoms with Crippen LogP contribution in [0.5, 0.6) is 0 Å². The van der Waals surface area contributed by atoms with Gasteiger partial charge in [-0.1, -0.05) is 24.3 Å². The first-order valence-electron chi connectivity index (χ1n) is 8.25. The standard InChI is InChI=1S/C18H26N2O/c1-13-7-3-4-8-17(13)15-11-16(12-15)19-14(2)18(21)20-9-5-6-10-20/h3-4,7-8,14-16,19H,5-6,9-12H2,1-2H3/t14-,15?,16?/m0/s1. The maximum absolute atomic E-state index is 12.3. The molecule has 1 aromatic rings. The summed E-state index contributed by atoms with van der Waals surface area (Å²) in [5.74, 6) is 0.949. The normalized spacial score (nSPS) is 26.5. The largest absolute Gasteiger partial charge is 0.341 e. The van der Waals surface area contributed by atoms with E-state index in [9.17, 15) is 4.79 Å². The molecule has 114 valence electrons. The summed E-state index contributed by atoms with van der Waals surface area (Å²) in [5.41, 5.74) is 2.87. The van der Waals surface area contributed by atoms with Gasteiger partial charge in [-0.15, -0.1) is 0 Å². The lowest BCUT2D eigenvalue weighted by Crippen LogP contribution is -2.51. The fourth-order valence-corrected chi connectivity index (χ4v) is 3.69. The van der Waals surface area contributed by atoms with Crippen LogP contribution in [-0.4, -0.2) is 36.0 Å². The monoisotopic (exact) mass is 286 g/mol. The zero-order valence-electron chi connectivity index (χ0n) is 13.1. The molecule has 3 nitrogen and oxygen atoms in total. The van der Waals surface area contributed by atoms with Gasteiger partial charge in [-0.2, -0.15) is 0 Å². The summed E-state index contributed by atoms with van der Waals surface area (Å²) in [6.07, 6.45) is 4.64. The van der Waals surface area contributed by atoms with Gasteiger partial charge in [-0.3, -0.25) is 4.79 Å². The van der Waals surface area contributed by atoms with Gasteiger partial charge in [0, 0.05) is 19.1 Å². The van der Waals surface area contributed by atoms with E-state index in [1.807, 2.05) is 11.8 Å². The number of carbonyl (C=O) groups is 1. The molecule has 1 amide bonds. The van der Waals surface area contributed by atoms with Gasteiger partial charge in [0.1, 0.15) is 0 Å². The summed E-state index contributed by atoms with van der Waals surface area (Å²) < 4.78 is 0. The molecule has 21 heavy (non-hydrogen) atoms. The van der Waals surface area contributed by atoms with Crippen molar-refractivity contribution in [2.75, 3.05) is 13.1 Å². The number of benzene rings is 1. The van der Waals surface area contributed by atoms with Crippen LogP contribution < -0.4 is 5.32 Å². The number of amides is 1. The van der Waals surface area contributed by atoms with Crippen molar-refractivity contribution >= 4 is 5.91 Å². The Kier molecular flexibility index (Phi) is 4.29. The van der Waals surface area contributed by atoms with Gasteiger partial charge in [0.2, 0.25) is 5.91 Å². The molecule has 1 aliphatic carbocycles. The number of nitrogens with zero attached hydrogens (tertiary/aromatic N) is 1. The van der Waals surface area contributed by atoms with Crippen LogP contribution in [0.4, 0.5) is 0 Å². The van der Waals surface area contributed by atoms with Gasteiger partial charge in [-0.25, -0.2) is 0 Å². The minimum atomic E-state index is -0.0362. The number of hydrogen-bond acceptors (Lipinski definition) is 2. The molecule has 1 aliphatic heterocycles. The Morgan fingerprint density at radius 1 is 1.24 bits per heavy atom. The second-order valence-corrected chi connectivity index (χ2v) is 6.64. The van der Waals surface area contributed by atoms with Crippen molar-refractivity contribution in [3.05, 3.63) is 35.4 Å². The van der Waals surface area contributed by atoms with E-state index in [0.29, 0.717) is 12.0 Å². The highest BCUT2D eigenvalue weighted by Crippen LogP contribution is 2.38. The third-order valence-corrected chi connectivity index (χ3v) is 5.04. The lowest BCUT2D eigenvalue weighted by Gasteiger charge is -2.39. The van der Waals surface area contributed by atoms with Crippen molar-refractivity contribution in [1.29, 1.82) is 0 Å². The van der Waals surface area contributed by atoms with Crippen molar-refractivity contribution in [3.8, 4) is 0 Å². The quantitative estimate of drug-likeness (QED) is 0.923. The molecular weight excluding hydrogens is 260 g/mol. The van der Waals surface area contributed by atoms with Crippen LogP contribution in [0, 0.1) is 6.92 Å². The van der Waals surface area contributed by atoms with Gasteiger partial charge in [0.05, 0.1) is 6.04 Å². The summed E-state index contributed by atoms with van der Waals surface area (Å²) in [7, 11) is 0. The van der Waals surface area contributed by atoms with Crippen molar-refractivity contribution in [2.24, 2.45) is 0 Å². The summed E-state index contributed by atoms with van der Waals surface area (Å²) in [6, 6.07) is 9.12. The summed E-state index contributed by atoms with van der Waals surface area (Å²) in [5, 5.41) is 3.52. The van der Waals surface area contributed by atoms with Gasteiger partial charge in [0.25, 0.3) is 0 Å². The molecule has 0 unspecified atom stereocenters. The smallest absolute Gasteiger partial charge is 0.239 e. The molecule has 1 atom stereocenters. The fraction of sp³-hybridized carbons (Fsp3) is 0.611. The Balaban J connectivity index is 1.48. The van der Waals surface area contributed by atoms with Gasteiger partial charge in [-0.05, 0) is 56.6 Å². The van der Waals surface area contributed by atoms with Gasteiger partial charge in [0.15, 0.2) is 0 Å². The Labute approximate surface area is 127 Å². The topological polar surface area (TPSA) is 32.3 Å². The molecule has 0 aromatic heterocycles. The molecule has 2 fully saturated rings. The third-order valence-electron chi connectivity index (χ3n) is 5.04. The van der Waals surface area contributed by atoms with E-state index < -0.39 is 0 Å². The van der Waals surface area contributed by atoms with Crippen LogP contribution in [0.15, 0.2) is 24.3 Å². The molecule has 1 saturated carbocycles. The Hall–Kier alpha value is -1.35. The van der Waals surface area contributed by atoms with E-state index in [4.69, 9.17) is 0 Å². The average molecular weight is 286 g/mol. The zero-order chi connectivity index (χ0) is 14.8. The predicted octanol–water partition coefficient (Wildman–Crippen LogP) is 2.84. The van der Waals surface area contributed by atoms with Crippen LogP contribution >= 0.6 is 0 Å². The first kappa shape index (κ1) is 14.6. The van der Waals surface area contributed by atoms with Crippen LogP contribution in [0.25, 0.3) is 0 Å².